The van der Waals surface area contributed by atoms with Crippen LogP contribution in [0.25, 0.3) is 0 Å². The zero-order chi connectivity index (χ0) is 26.1. The van der Waals surface area contributed by atoms with E-state index >= 15 is 0 Å². The number of esters is 2. The molecule has 2 aromatic rings. The number of hydrogen-bond acceptors (Lipinski definition) is 6. The molecule has 1 aliphatic carbocycles. The van der Waals surface area contributed by atoms with E-state index in [4.69, 9.17) is 18.9 Å². The molecule has 36 heavy (non-hydrogen) atoms. The van der Waals surface area contributed by atoms with Crippen LogP contribution in [0, 0.1) is 11.8 Å². The van der Waals surface area contributed by atoms with Gasteiger partial charge in [0.2, 0.25) is 0 Å². The highest BCUT2D eigenvalue weighted by Gasteiger charge is 2.45. The second-order valence-electron chi connectivity index (χ2n) is 10.4. The van der Waals surface area contributed by atoms with Gasteiger partial charge in [-0.1, -0.05) is 34.6 Å². The molecule has 6 nitrogen and oxygen atoms in total. The molecule has 0 N–H and O–H groups in total. The highest BCUT2D eigenvalue weighted by Crippen LogP contribution is 2.38. The van der Waals surface area contributed by atoms with E-state index in [9.17, 15) is 9.59 Å². The second-order valence-corrected chi connectivity index (χ2v) is 10.4. The van der Waals surface area contributed by atoms with Gasteiger partial charge in [0.25, 0.3) is 0 Å². The van der Waals surface area contributed by atoms with Crippen LogP contribution >= 0.6 is 0 Å². The van der Waals surface area contributed by atoms with Gasteiger partial charge in [-0.25, -0.2) is 9.59 Å². The zero-order valence-corrected chi connectivity index (χ0v) is 22.3. The Balaban J connectivity index is 1.67. The molecule has 1 fully saturated rings. The maximum Gasteiger partial charge on any atom is 0.338 e. The van der Waals surface area contributed by atoms with Crippen molar-refractivity contribution in [1.29, 1.82) is 0 Å². The van der Waals surface area contributed by atoms with Crippen molar-refractivity contribution in [2.24, 2.45) is 11.8 Å². The lowest BCUT2D eigenvalue weighted by Crippen LogP contribution is -2.50. The van der Waals surface area contributed by atoms with Crippen molar-refractivity contribution in [3.05, 3.63) is 59.7 Å². The fourth-order valence-corrected chi connectivity index (χ4v) is 4.28. The van der Waals surface area contributed by atoms with Crippen LogP contribution in [0.3, 0.4) is 0 Å². The number of ether oxygens (including phenoxy) is 4. The maximum atomic E-state index is 13.1. The predicted octanol–water partition coefficient (Wildman–Crippen LogP) is 6.86. The third-order valence-electron chi connectivity index (χ3n) is 6.39. The first-order chi connectivity index (χ1) is 17.2. The average Bonchev–Trinajstić information content (AvgIpc) is 2.87. The van der Waals surface area contributed by atoms with E-state index < -0.39 is 23.6 Å². The predicted molar refractivity (Wildman–Crippen MR) is 140 cm³/mol. The van der Waals surface area contributed by atoms with Crippen LogP contribution in [-0.2, 0) is 9.47 Å². The van der Waals surface area contributed by atoms with Gasteiger partial charge < -0.3 is 18.9 Å². The Morgan fingerprint density at radius 1 is 0.806 bits per heavy atom. The van der Waals surface area contributed by atoms with Gasteiger partial charge in [-0.15, -0.1) is 0 Å². The standard InChI is InChI=1S/C30H40O6/c1-6-30(36-29(32)24-12-16-26(17-13-24)34-20-22(4)5)18-8-7-9-27(30)35-28(31)23-10-14-25(15-11-23)33-19-21(2)3/h10-17,21-22,27H,6-9,18-20H2,1-5H3/t27-,30-/m0/s1. The molecule has 3 rings (SSSR count). The molecule has 0 amide bonds. The van der Waals surface area contributed by atoms with Crippen molar-refractivity contribution in [2.75, 3.05) is 13.2 Å². The van der Waals surface area contributed by atoms with Crippen LogP contribution in [0.2, 0.25) is 0 Å². The van der Waals surface area contributed by atoms with Crippen LogP contribution < -0.4 is 9.47 Å². The van der Waals surface area contributed by atoms with Gasteiger partial charge in [-0.05, 0) is 92.5 Å². The molecule has 0 heterocycles. The van der Waals surface area contributed by atoms with Crippen molar-refractivity contribution < 1.29 is 28.5 Å². The van der Waals surface area contributed by atoms with Gasteiger partial charge in [0.1, 0.15) is 23.2 Å². The van der Waals surface area contributed by atoms with Crippen molar-refractivity contribution >= 4 is 11.9 Å². The van der Waals surface area contributed by atoms with E-state index in [-0.39, 0.29) is 0 Å². The van der Waals surface area contributed by atoms with Crippen molar-refractivity contribution in [3.8, 4) is 11.5 Å². The van der Waals surface area contributed by atoms with Gasteiger partial charge in [0.15, 0.2) is 0 Å². The molecule has 0 aliphatic heterocycles. The lowest BCUT2D eigenvalue weighted by molar-refractivity contribution is -0.118. The lowest BCUT2D eigenvalue weighted by Gasteiger charge is -2.42. The average molecular weight is 497 g/mol. The largest absolute Gasteiger partial charge is 0.493 e. The molecule has 0 radical (unpaired) electrons. The summed E-state index contributed by atoms with van der Waals surface area (Å²) in [4.78, 5) is 26.1. The van der Waals surface area contributed by atoms with Crippen molar-refractivity contribution in [3.63, 3.8) is 0 Å². The second kappa shape index (κ2) is 12.8. The maximum absolute atomic E-state index is 13.1. The van der Waals surface area contributed by atoms with Crippen molar-refractivity contribution in [1.82, 2.24) is 0 Å². The van der Waals surface area contributed by atoms with Gasteiger partial charge in [-0.2, -0.15) is 0 Å². The summed E-state index contributed by atoms with van der Waals surface area (Å²) in [5.41, 5.74) is 0.0520. The Morgan fingerprint density at radius 3 is 1.78 bits per heavy atom. The Labute approximate surface area is 215 Å². The molecule has 6 heteroatoms. The first-order valence-corrected chi connectivity index (χ1v) is 13.1. The SMILES string of the molecule is CC[C@]1(OC(=O)c2ccc(OCC(C)C)cc2)CCCC[C@@H]1OC(=O)c1ccc(OCC(C)C)cc1. The minimum Gasteiger partial charge on any atom is -0.493 e. The molecule has 2 atom stereocenters. The Kier molecular flexibility index (Phi) is 9.80. The summed E-state index contributed by atoms with van der Waals surface area (Å²) in [5.74, 6) is 1.44. The summed E-state index contributed by atoms with van der Waals surface area (Å²) >= 11 is 0. The fraction of sp³-hybridized carbons (Fsp3) is 0.533. The van der Waals surface area contributed by atoms with Gasteiger partial charge in [0, 0.05) is 0 Å². The molecule has 0 unspecified atom stereocenters. The third-order valence-corrected chi connectivity index (χ3v) is 6.39. The van der Waals surface area contributed by atoms with Crippen LogP contribution in [0.1, 0.15) is 87.4 Å². The zero-order valence-electron chi connectivity index (χ0n) is 22.3. The van der Waals surface area contributed by atoms with Crippen LogP contribution in [0.4, 0.5) is 0 Å². The summed E-state index contributed by atoms with van der Waals surface area (Å²) in [7, 11) is 0. The minimum absolute atomic E-state index is 0.415. The molecule has 196 valence electrons. The number of carbonyl (C=O) groups excluding carboxylic acids is 2. The summed E-state index contributed by atoms with van der Waals surface area (Å²) < 4.78 is 23.5. The van der Waals surface area contributed by atoms with Gasteiger partial charge >= 0.3 is 11.9 Å². The first-order valence-electron chi connectivity index (χ1n) is 13.1. The molecule has 0 aromatic heterocycles. The highest BCUT2D eigenvalue weighted by atomic mass is 16.6. The Bertz CT molecular complexity index is 980. The fourth-order valence-electron chi connectivity index (χ4n) is 4.28. The van der Waals surface area contributed by atoms with E-state index in [0.29, 0.717) is 55.4 Å². The van der Waals surface area contributed by atoms with Gasteiger partial charge in [0.05, 0.1) is 24.3 Å². The van der Waals surface area contributed by atoms with E-state index in [1.807, 2.05) is 6.92 Å². The third kappa shape index (κ3) is 7.49. The minimum atomic E-state index is -0.849. The molecule has 1 saturated carbocycles. The van der Waals surface area contributed by atoms with Crippen LogP contribution in [-0.4, -0.2) is 36.9 Å². The van der Waals surface area contributed by atoms with E-state index in [1.165, 1.54) is 0 Å². The van der Waals surface area contributed by atoms with Crippen LogP contribution in [0.15, 0.2) is 48.5 Å². The first kappa shape index (κ1) is 27.6. The topological polar surface area (TPSA) is 71.1 Å². The number of carbonyl (C=O) groups is 2. The smallest absolute Gasteiger partial charge is 0.338 e. The molecule has 0 bridgehead atoms. The molecule has 0 saturated heterocycles. The molecular weight excluding hydrogens is 456 g/mol. The van der Waals surface area contributed by atoms with Gasteiger partial charge in [-0.3, -0.25) is 0 Å². The number of rotatable bonds is 11. The Hall–Kier alpha value is -3.02. The molecule has 1 aliphatic rings. The quantitative estimate of drug-likeness (QED) is 0.317. The summed E-state index contributed by atoms with van der Waals surface area (Å²) in [6.07, 6.45) is 3.21. The highest BCUT2D eigenvalue weighted by molar-refractivity contribution is 5.90. The summed E-state index contributed by atoms with van der Waals surface area (Å²) in [6.45, 7) is 11.5. The lowest BCUT2D eigenvalue weighted by atomic mass is 9.80. The molecule has 0 spiro atoms. The summed E-state index contributed by atoms with van der Waals surface area (Å²) in [6, 6.07) is 14.0. The molecule has 2 aromatic carbocycles. The van der Waals surface area contributed by atoms with E-state index in [2.05, 4.69) is 27.7 Å². The number of benzene rings is 2. The summed E-state index contributed by atoms with van der Waals surface area (Å²) in [5, 5.41) is 0. The van der Waals surface area contributed by atoms with Crippen LogP contribution in [0.5, 0.6) is 11.5 Å². The monoisotopic (exact) mass is 496 g/mol. The van der Waals surface area contributed by atoms with E-state index in [0.717, 1.165) is 24.3 Å². The number of hydrogen-bond donors (Lipinski definition) is 0. The molecular formula is C30H40O6. The normalized spacial score (nSPS) is 19.7. The van der Waals surface area contributed by atoms with E-state index in [1.54, 1.807) is 48.5 Å². The van der Waals surface area contributed by atoms with Crippen molar-refractivity contribution in [2.45, 2.75) is 78.4 Å². The Morgan fingerprint density at radius 2 is 1.31 bits per heavy atom.